The number of nitrogens with one attached hydrogen (secondary N) is 1. The van der Waals surface area contributed by atoms with Crippen molar-refractivity contribution in [1.29, 1.82) is 0 Å². The number of carbonyl (C=O) groups is 2. The van der Waals surface area contributed by atoms with E-state index in [1.165, 1.54) is 0 Å². The van der Waals surface area contributed by atoms with Crippen LogP contribution in [0, 0.1) is 0 Å². The average Bonchev–Trinajstić information content (AvgIpc) is 2.80. The SMILES string of the molecule is CCC(=O)NC(C)(C)C(=O)N1CC1C. The predicted octanol–water partition coefficient (Wildman–Crippen LogP) is 0.522. The van der Waals surface area contributed by atoms with Crippen LogP contribution in [0.5, 0.6) is 0 Å². The third kappa shape index (κ3) is 2.25. The molecule has 1 rings (SSSR count). The monoisotopic (exact) mass is 198 g/mol. The molecule has 4 heteroatoms. The van der Waals surface area contributed by atoms with Gasteiger partial charge in [-0.1, -0.05) is 6.92 Å². The minimum absolute atomic E-state index is 0.00630. The van der Waals surface area contributed by atoms with Crippen LogP contribution in [-0.4, -0.2) is 34.8 Å². The number of carbonyl (C=O) groups excluding carboxylic acids is 2. The van der Waals surface area contributed by atoms with Crippen LogP contribution in [0.15, 0.2) is 0 Å². The van der Waals surface area contributed by atoms with E-state index in [9.17, 15) is 9.59 Å². The van der Waals surface area contributed by atoms with Gasteiger partial charge in [-0.3, -0.25) is 9.59 Å². The minimum Gasteiger partial charge on any atom is -0.342 e. The highest BCUT2D eigenvalue weighted by Gasteiger charge is 2.42. The molecule has 0 aliphatic carbocycles. The van der Waals surface area contributed by atoms with Gasteiger partial charge < -0.3 is 10.2 Å². The second-order valence-corrected chi connectivity index (χ2v) is 4.33. The van der Waals surface area contributed by atoms with E-state index in [2.05, 4.69) is 5.32 Å². The highest BCUT2D eigenvalue weighted by atomic mass is 16.2. The number of hydrogen-bond acceptors (Lipinski definition) is 2. The van der Waals surface area contributed by atoms with Gasteiger partial charge in [-0.05, 0) is 20.8 Å². The third-order valence-corrected chi connectivity index (χ3v) is 2.43. The van der Waals surface area contributed by atoms with Gasteiger partial charge in [0, 0.05) is 19.0 Å². The summed E-state index contributed by atoms with van der Waals surface area (Å²) in [6.07, 6.45) is 0.409. The molecule has 1 fully saturated rings. The molecule has 4 nitrogen and oxygen atoms in total. The van der Waals surface area contributed by atoms with Gasteiger partial charge in [0.25, 0.3) is 0 Å². The molecule has 2 amide bonds. The van der Waals surface area contributed by atoms with Gasteiger partial charge in [0.15, 0.2) is 0 Å². The Morgan fingerprint density at radius 3 is 2.36 bits per heavy atom. The first kappa shape index (κ1) is 11.0. The number of nitrogens with zero attached hydrogens (tertiary/aromatic N) is 1. The molecule has 0 aromatic heterocycles. The standard InChI is InChI=1S/C10H18N2O2/c1-5-8(13)11-10(3,4)9(14)12-6-7(12)2/h7H,5-6H2,1-4H3,(H,11,13). The highest BCUT2D eigenvalue weighted by Crippen LogP contribution is 2.21. The molecule has 0 aromatic rings. The Labute approximate surface area is 84.7 Å². The van der Waals surface area contributed by atoms with Gasteiger partial charge in [-0.2, -0.15) is 0 Å². The van der Waals surface area contributed by atoms with E-state index in [1.807, 2.05) is 6.92 Å². The van der Waals surface area contributed by atoms with Crippen LogP contribution < -0.4 is 5.32 Å². The molecule has 1 heterocycles. The maximum atomic E-state index is 11.8. The van der Waals surface area contributed by atoms with E-state index in [1.54, 1.807) is 25.7 Å². The summed E-state index contributed by atoms with van der Waals surface area (Å²) in [5, 5.41) is 2.72. The molecule has 0 spiro atoms. The largest absolute Gasteiger partial charge is 0.342 e. The van der Waals surface area contributed by atoms with Crippen LogP contribution in [0.1, 0.15) is 34.1 Å². The quantitative estimate of drug-likeness (QED) is 0.672. The molecule has 1 N–H and O–H groups in total. The summed E-state index contributed by atoms with van der Waals surface area (Å²) in [6.45, 7) is 8.07. The van der Waals surface area contributed by atoms with Crippen molar-refractivity contribution in [2.75, 3.05) is 6.54 Å². The van der Waals surface area contributed by atoms with Gasteiger partial charge in [0.2, 0.25) is 11.8 Å². The van der Waals surface area contributed by atoms with Crippen molar-refractivity contribution in [2.45, 2.75) is 45.7 Å². The summed E-state index contributed by atoms with van der Waals surface area (Å²) in [7, 11) is 0. The Kier molecular flexibility index (Phi) is 2.83. The minimum atomic E-state index is -0.766. The van der Waals surface area contributed by atoms with Crippen molar-refractivity contribution >= 4 is 11.8 Å². The Bertz CT molecular complexity index is 261. The molecular weight excluding hydrogens is 180 g/mol. The molecule has 0 radical (unpaired) electrons. The topological polar surface area (TPSA) is 49.2 Å². The third-order valence-electron chi connectivity index (χ3n) is 2.43. The summed E-state index contributed by atoms with van der Waals surface area (Å²) in [5.41, 5.74) is -0.766. The summed E-state index contributed by atoms with van der Waals surface area (Å²) in [5.74, 6) is -0.0790. The van der Waals surface area contributed by atoms with E-state index in [0.29, 0.717) is 12.5 Å². The normalized spacial score (nSPS) is 20.6. The molecule has 14 heavy (non-hydrogen) atoms. The molecule has 1 atom stereocenters. The second-order valence-electron chi connectivity index (χ2n) is 4.33. The maximum absolute atomic E-state index is 11.8. The van der Waals surface area contributed by atoms with Gasteiger partial charge in [0.05, 0.1) is 0 Å². The number of amides is 2. The van der Waals surface area contributed by atoms with Crippen LogP contribution in [0.4, 0.5) is 0 Å². The van der Waals surface area contributed by atoms with Crippen molar-refractivity contribution in [1.82, 2.24) is 10.2 Å². The van der Waals surface area contributed by atoms with E-state index in [4.69, 9.17) is 0 Å². The van der Waals surface area contributed by atoms with Crippen LogP contribution in [0.3, 0.4) is 0 Å². The van der Waals surface area contributed by atoms with Crippen molar-refractivity contribution in [3.63, 3.8) is 0 Å². The fraction of sp³-hybridized carbons (Fsp3) is 0.800. The van der Waals surface area contributed by atoms with Crippen LogP contribution >= 0.6 is 0 Å². The van der Waals surface area contributed by atoms with E-state index in [-0.39, 0.29) is 11.8 Å². The molecule has 0 saturated carbocycles. The maximum Gasteiger partial charge on any atom is 0.248 e. The fourth-order valence-corrected chi connectivity index (χ4v) is 1.37. The average molecular weight is 198 g/mol. The predicted molar refractivity (Wildman–Crippen MR) is 53.7 cm³/mol. The first-order chi connectivity index (χ1) is 6.38. The first-order valence-corrected chi connectivity index (χ1v) is 5.00. The summed E-state index contributed by atoms with van der Waals surface area (Å²) < 4.78 is 0. The molecule has 0 bridgehead atoms. The first-order valence-electron chi connectivity index (χ1n) is 5.00. The number of rotatable bonds is 3. The molecule has 1 saturated heterocycles. The molecule has 0 aromatic carbocycles. The van der Waals surface area contributed by atoms with Crippen LogP contribution in [-0.2, 0) is 9.59 Å². The Balaban J connectivity index is 2.55. The van der Waals surface area contributed by atoms with E-state index in [0.717, 1.165) is 6.54 Å². The van der Waals surface area contributed by atoms with Crippen LogP contribution in [0.2, 0.25) is 0 Å². The zero-order chi connectivity index (χ0) is 10.9. The van der Waals surface area contributed by atoms with Crippen molar-refractivity contribution < 1.29 is 9.59 Å². The van der Waals surface area contributed by atoms with E-state index < -0.39 is 5.54 Å². The Hall–Kier alpha value is -1.06. The van der Waals surface area contributed by atoms with Crippen LogP contribution in [0.25, 0.3) is 0 Å². The fourth-order valence-electron chi connectivity index (χ4n) is 1.37. The molecule has 1 aliphatic rings. The highest BCUT2D eigenvalue weighted by molar-refractivity contribution is 5.92. The molecular formula is C10H18N2O2. The molecule has 1 unspecified atom stereocenters. The van der Waals surface area contributed by atoms with Crippen molar-refractivity contribution in [3.05, 3.63) is 0 Å². The van der Waals surface area contributed by atoms with Crippen molar-refractivity contribution in [3.8, 4) is 0 Å². The molecule has 80 valence electrons. The molecule has 1 aliphatic heterocycles. The summed E-state index contributed by atoms with van der Waals surface area (Å²) in [4.78, 5) is 24.7. The number of hydrogen-bond donors (Lipinski definition) is 1. The van der Waals surface area contributed by atoms with E-state index >= 15 is 0 Å². The Morgan fingerprint density at radius 1 is 1.50 bits per heavy atom. The lowest BCUT2D eigenvalue weighted by molar-refractivity contribution is -0.136. The Morgan fingerprint density at radius 2 is 2.00 bits per heavy atom. The lowest BCUT2D eigenvalue weighted by Crippen LogP contribution is -2.52. The lowest BCUT2D eigenvalue weighted by atomic mass is 10.0. The smallest absolute Gasteiger partial charge is 0.248 e. The van der Waals surface area contributed by atoms with Gasteiger partial charge >= 0.3 is 0 Å². The lowest BCUT2D eigenvalue weighted by Gasteiger charge is -2.25. The zero-order valence-electron chi connectivity index (χ0n) is 9.26. The summed E-state index contributed by atoms with van der Waals surface area (Å²) in [6, 6.07) is 0.334. The zero-order valence-corrected chi connectivity index (χ0v) is 9.26. The second kappa shape index (κ2) is 3.59. The summed E-state index contributed by atoms with van der Waals surface area (Å²) >= 11 is 0. The van der Waals surface area contributed by atoms with Gasteiger partial charge in [0.1, 0.15) is 5.54 Å². The van der Waals surface area contributed by atoms with Gasteiger partial charge in [-0.25, -0.2) is 0 Å². The van der Waals surface area contributed by atoms with Gasteiger partial charge in [-0.15, -0.1) is 0 Å². The van der Waals surface area contributed by atoms with Crippen molar-refractivity contribution in [2.24, 2.45) is 0 Å².